The van der Waals surface area contributed by atoms with E-state index in [2.05, 4.69) is 0 Å². The van der Waals surface area contributed by atoms with Crippen molar-refractivity contribution >= 4 is 11.9 Å². The first-order valence-electron chi connectivity index (χ1n) is 18.6. The number of hydrogen-bond donors (Lipinski definition) is 2. The SMILES string of the molecule is O=C1OC[C@H]2OCCC[C@@H]2OC(=O)c2cc(O)c3c(c2-c2c1cc(O)c1c2OC(c2ccccc2)(c2ccccc2)O1)OC(c1ccccc1)(c1ccccc1)O3. The molecule has 2 N–H and O–H groups in total. The lowest BCUT2D eigenvalue weighted by molar-refractivity contribution is -0.104. The number of phenols is 2. The average Bonchev–Trinajstić information content (AvgIpc) is 3.88. The van der Waals surface area contributed by atoms with Gasteiger partial charge >= 0.3 is 23.5 Å². The number of cyclic esters (lactones) is 1. The molecule has 0 saturated carbocycles. The summed E-state index contributed by atoms with van der Waals surface area (Å²) in [5.74, 6) is -6.27. The Labute approximate surface area is 326 Å². The van der Waals surface area contributed by atoms with Gasteiger partial charge in [0.1, 0.15) is 18.8 Å². The lowest BCUT2D eigenvalue weighted by Crippen LogP contribution is -2.41. The molecule has 0 bridgehead atoms. The zero-order chi connectivity index (χ0) is 38.7. The summed E-state index contributed by atoms with van der Waals surface area (Å²) in [6.07, 6.45) is -0.501. The molecule has 2 atom stereocenters. The summed E-state index contributed by atoms with van der Waals surface area (Å²) < 4.78 is 45.3. The van der Waals surface area contributed by atoms with Gasteiger partial charge in [0.2, 0.25) is 11.5 Å². The summed E-state index contributed by atoms with van der Waals surface area (Å²) in [5.41, 5.74) is 1.92. The van der Waals surface area contributed by atoms with Crippen molar-refractivity contribution in [2.75, 3.05) is 13.2 Å². The summed E-state index contributed by atoms with van der Waals surface area (Å²) in [6.45, 7) is 0.137. The maximum atomic E-state index is 14.6. The first-order chi connectivity index (χ1) is 27.9. The first-order valence-corrected chi connectivity index (χ1v) is 18.6. The van der Waals surface area contributed by atoms with Crippen LogP contribution in [0.3, 0.4) is 0 Å². The van der Waals surface area contributed by atoms with Crippen molar-refractivity contribution in [2.24, 2.45) is 0 Å². The van der Waals surface area contributed by atoms with E-state index >= 15 is 0 Å². The number of ether oxygens (including phenoxy) is 7. The van der Waals surface area contributed by atoms with E-state index in [4.69, 9.17) is 33.2 Å². The van der Waals surface area contributed by atoms with E-state index in [1.807, 2.05) is 121 Å². The second-order valence-corrected chi connectivity index (χ2v) is 14.2. The van der Waals surface area contributed by atoms with Crippen LogP contribution < -0.4 is 18.9 Å². The number of hydrogen-bond acceptors (Lipinski definition) is 11. The molecule has 0 aromatic heterocycles. The van der Waals surface area contributed by atoms with Crippen LogP contribution >= 0.6 is 0 Å². The standard InChI is InChI=1S/C46H34O11/c47-33-24-31-37(41-39(33)54-45(56-41,27-14-5-1-6-15-27)28-16-7-2-8-17-28)38-32(44(50)53-35-22-13-23-51-36(35)26-52-43(31)49)25-34(48)40-42(38)57-46(55-40,29-18-9-3-10-19-29)30-20-11-4-12-21-30/h1-12,14-21,24-25,35-36,47-48H,13,22-23,26H2/t35-,36+/m0/s1. The first kappa shape index (κ1) is 34.5. The molecule has 1 fully saturated rings. The molecule has 4 aliphatic heterocycles. The highest BCUT2D eigenvalue weighted by Crippen LogP contribution is 2.63. The molecule has 10 rings (SSSR count). The van der Waals surface area contributed by atoms with Gasteiger partial charge < -0.3 is 43.4 Å². The summed E-state index contributed by atoms with van der Waals surface area (Å²) in [6, 6.07) is 39.1. The van der Waals surface area contributed by atoms with E-state index < -0.39 is 47.2 Å². The van der Waals surface area contributed by atoms with Gasteiger partial charge in [-0.05, 0) is 25.0 Å². The Bertz CT molecular complexity index is 2440. The highest BCUT2D eigenvalue weighted by molar-refractivity contribution is 6.09. The van der Waals surface area contributed by atoms with Crippen molar-refractivity contribution < 1.29 is 53.0 Å². The van der Waals surface area contributed by atoms with Crippen molar-refractivity contribution in [2.45, 2.75) is 36.6 Å². The number of phenolic OH excluding ortho intramolecular Hbond substituents is 2. The molecule has 6 aromatic carbocycles. The van der Waals surface area contributed by atoms with Gasteiger partial charge in [-0.15, -0.1) is 0 Å². The maximum Gasteiger partial charge on any atom is 0.339 e. The van der Waals surface area contributed by atoms with E-state index in [1.165, 1.54) is 12.1 Å². The van der Waals surface area contributed by atoms with E-state index in [-0.39, 0.29) is 51.9 Å². The fraction of sp³-hybridized carbons (Fsp3) is 0.174. The van der Waals surface area contributed by atoms with E-state index in [1.54, 1.807) is 0 Å². The molecule has 11 heteroatoms. The molecule has 0 radical (unpaired) electrons. The fourth-order valence-corrected chi connectivity index (χ4v) is 8.05. The van der Waals surface area contributed by atoms with Crippen LogP contribution in [-0.2, 0) is 25.8 Å². The highest BCUT2D eigenvalue weighted by Gasteiger charge is 2.53. The van der Waals surface area contributed by atoms with Crippen LogP contribution in [0.2, 0.25) is 0 Å². The van der Waals surface area contributed by atoms with Crippen molar-refractivity contribution in [3.63, 3.8) is 0 Å². The predicted molar refractivity (Wildman–Crippen MR) is 204 cm³/mol. The normalized spacial score (nSPS) is 19.9. The van der Waals surface area contributed by atoms with Crippen LogP contribution in [0.15, 0.2) is 133 Å². The summed E-state index contributed by atoms with van der Waals surface area (Å²) in [7, 11) is 0. The van der Waals surface area contributed by atoms with Crippen molar-refractivity contribution in [3.8, 4) is 45.6 Å². The Balaban J connectivity index is 1.27. The Morgan fingerprint density at radius 3 is 1.35 bits per heavy atom. The van der Waals surface area contributed by atoms with Crippen LogP contribution in [0, 0.1) is 0 Å². The van der Waals surface area contributed by atoms with Gasteiger partial charge in [-0.3, -0.25) is 0 Å². The number of aromatic hydroxyl groups is 2. The minimum atomic E-state index is -1.67. The zero-order valence-electron chi connectivity index (χ0n) is 30.3. The van der Waals surface area contributed by atoms with Gasteiger partial charge in [-0.25, -0.2) is 9.59 Å². The molecule has 0 spiro atoms. The Kier molecular flexibility index (Phi) is 8.08. The topological polar surface area (TPSA) is 139 Å². The molecule has 57 heavy (non-hydrogen) atoms. The molecule has 11 nitrogen and oxygen atoms in total. The highest BCUT2D eigenvalue weighted by atomic mass is 16.7. The van der Waals surface area contributed by atoms with Crippen LogP contribution in [0.4, 0.5) is 0 Å². The van der Waals surface area contributed by atoms with Crippen LogP contribution in [0.5, 0.6) is 34.5 Å². The minimum Gasteiger partial charge on any atom is -0.504 e. The Morgan fingerprint density at radius 1 is 0.509 bits per heavy atom. The number of carbonyl (C=O) groups is 2. The van der Waals surface area contributed by atoms with Crippen molar-refractivity contribution in [1.82, 2.24) is 0 Å². The smallest absolute Gasteiger partial charge is 0.339 e. The van der Waals surface area contributed by atoms with Gasteiger partial charge in [0.15, 0.2) is 23.0 Å². The lowest BCUT2D eigenvalue weighted by atomic mass is 9.91. The molecule has 4 aliphatic rings. The van der Waals surface area contributed by atoms with Gasteiger partial charge in [-0.1, -0.05) is 121 Å². The van der Waals surface area contributed by atoms with Crippen LogP contribution in [0.25, 0.3) is 11.1 Å². The molecule has 0 amide bonds. The van der Waals surface area contributed by atoms with E-state index in [9.17, 15) is 19.8 Å². The molecule has 0 unspecified atom stereocenters. The monoisotopic (exact) mass is 762 g/mol. The van der Waals surface area contributed by atoms with Crippen molar-refractivity contribution in [3.05, 3.63) is 167 Å². The summed E-state index contributed by atoms with van der Waals surface area (Å²) in [4.78, 5) is 29.1. The predicted octanol–water partition coefficient (Wildman–Crippen LogP) is 7.98. The number of benzene rings is 6. The summed E-state index contributed by atoms with van der Waals surface area (Å²) in [5, 5.41) is 23.6. The van der Waals surface area contributed by atoms with Gasteiger partial charge in [0.25, 0.3) is 0 Å². The average molecular weight is 763 g/mol. The largest absolute Gasteiger partial charge is 0.504 e. The van der Waals surface area contributed by atoms with Gasteiger partial charge in [0, 0.05) is 40.0 Å². The number of esters is 2. The zero-order valence-corrected chi connectivity index (χ0v) is 30.3. The molecule has 1 saturated heterocycles. The quantitative estimate of drug-likeness (QED) is 0.169. The van der Waals surface area contributed by atoms with Gasteiger partial charge in [0.05, 0.1) is 11.1 Å². The number of carbonyl (C=O) groups excluding carboxylic acids is 2. The third kappa shape index (κ3) is 5.45. The molecular weight excluding hydrogens is 728 g/mol. The Morgan fingerprint density at radius 2 is 0.912 bits per heavy atom. The minimum absolute atomic E-state index is 0.0135. The Hall–Kier alpha value is -6.98. The molecule has 4 heterocycles. The number of fused-ring (bicyclic) bond motifs is 8. The lowest BCUT2D eigenvalue weighted by Gasteiger charge is -2.30. The van der Waals surface area contributed by atoms with Gasteiger partial charge in [-0.2, -0.15) is 0 Å². The van der Waals surface area contributed by atoms with Crippen LogP contribution in [-0.4, -0.2) is 47.6 Å². The molecule has 284 valence electrons. The molecule has 6 aromatic rings. The fourth-order valence-electron chi connectivity index (χ4n) is 8.05. The molecule has 0 aliphatic carbocycles. The number of rotatable bonds is 4. The van der Waals surface area contributed by atoms with Crippen LogP contribution in [0.1, 0.15) is 55.8 Å². The second kappa shape index (κ2) is 13.3. The molecular formula is C46H34O11. The summed E-state index contributed by atoms with van der Waals surface area (Å²) >= 11 is 0. The third-order valence-corrected chi connectivity index (χ3v) is 10.7. The third-order valence-electron chi connectivity index (χ3n) is 10.7. The second-order valence-electron chi connectivity index (χ2n) is 14.2. The van der Waals surface area contributed by atoms with E-state index in [0.717, 1.165) is 0 Å². The maximum absolute atomic E-state index is 14.6. The van der Waals surface area contributed by atoms with E-state index in [0.29, 0.717) is 41.7 Å². The van der Waals surface area contributed by atoms with Crippen molar-refractivity contribution in [1.29, 1.82) is 0 Å².